The number of Topliss-reactive ketones (excluding diaryl/α,β-unsaturated/α-hetero) is 1. The molecule has 0 aliphatic carbocycles. The standard InChI is InChI=1S/C8H8NOS/c1-2-8(10)7-5-6(11)3-4-9-7/h3-5H,2H2,1H3. The maximum Gasteiger partial charge on any atom is 0.180 e. The van der Waals surface area contributed by atoms with E-state index >= 15 is 0 Å². The number of rotatable bonds is 2. The van der Waals surface area contributed by atoms with Crippen LogP contribution in [0.1, 0.15) is 23.8 Å². The second-order valence-electron chi connectivity index (χ2n) is 2.15. The Morgan fingerprint density at radius 3 is 3.00 bits per heavy atom. The highest BCUT2D eigenvalue weighted by Crippen LogP contribution is 2.07. The van der Waals surface area contributed by atoms with Crippen LogP contribution in [-0.2, 0) is 0 Å². The van der Waals surface area contributed by atoms with Gasteiger partial charge in [-0.1, -0.05) is 19.6 Å². The summed E-state index contributed by atoms with van der Waals surface area (Å²) in [5.74, 6) is 0.0386. The van der Waals surface area contributed by atoms with Crippen LogP contribution >= 0.6 is 12.6 Å². The highest BCUT2D eigenvalue weighted by Gasteiger charge is 2.03. The zero-order valence-corrected chi connectivity index (χ0v) is 7.02. The van der Waals surface area contributed by atoms with Crippen LogP contribution in [-0.4, -0.2) is 10.8 Å². The summed E-state index contributed by atoms with van der Waals surface area (Å²) < 4.78 is 0. The van der Waals surface area contributed by atoms with Crippen molar-refractivity contribution in [3.8, 4) is 0 Å². The largest absolute Gasteiger partial charge is 0.292 e. The lowest BCUT2D eigenvalue weighted by Gasteiger charge is -1.95. The van der Waals surface area contributed by atoms with Crippen LogP contribution in [0.25, 0.3) is 0 Å². The van der Waals surface area contributed by atoms with Gasteiger partial charge in [0.15, 0.2) is 5.78 Å². The lowest BCUT2D eigenvalue weighted by atomic mass is 10.2. The molecule has 3 heteroatoms. The molecule has 0 aromatic carbocycles. The van der Waals surface area contributed by atoms with E-state index in [0.717, 1.165) is 0 Å². The molecule has 11 heavy (non-hydrogen) atoms. The molecule has 1 radical (unpaired) electrons. The molecule has 1 aromatic rings. The second-order valence-corrected chi connectivity index (χ2v) is 2.62. The van der Waals surface area contributed by atoms with Gasteiger partial charge in [0, 0.05) is 17.5 Å². The van der Waals surface area contributed by atoms with Gasteiger partial charge in [-0.3, -0.25) is 9.78 Å². The van der Waals surface area contributed by atoms with Crippen molar-refractivity contribution in [2.45, 2.75) is 18.2 Å². The molecule has 0 saturated carbocycles. The Kier molecular flexibility index (Phi) is 2.54. The summed E-state index contributed by atoms with van der Waals surface area (Å²) in [4.78, 5) is 15.6. The summed E-state index contributed by atoms with van der Waals surface area (Å²) >= 11 is 4.87. The van der Waals surface area contributed by atoms with E-state index in [9.17, 15) is 4.79 Å². The molecule has 0 saturated heterocycles. The molecule has 1 heterocycles. The number of carbonyl (C=O) groups is 1. The quantitative estimate of drug-likeness (QED) is 0.630. The number of hydrogen-bond donors (Lipinski definition) is 0. The van der Waals surface area contributed by atoms with E-state index in [2.05, 4.69) is 4.98 Å². The molecule has 0 atom stereocenters. The first kappa shape index (κ1) is 8.14. The van der Waals surface area contributed by atoms with Gasteiger partial charge in [-0.05, 0) is 12.1 Å². The summed E-state index contributed by atoms with van der Waals surface area (Å²) in [5, 5.41) is 0. The minimum absolute atomic E-state index is 0.0386. The van der Waals surface area contributed by atoms with Gasteiger partial charge in [0.1, 0.15) is 5.69 Å². The molecular weight excluding hydrogens is 158 g/mol. The normalized spacial score (nSPS) is 9.55. The van der Waals surface area contributed by atoms with Crippen molar-refractivity contribution >= 4 is 18.4 Å². The third-order valence-corrected chi connectivity index (χ3v) is 1.59. The molecule has 1 aromatic heterocycles. The first-order valence-electron chi connectivity index (χ1n) is 3.40. The van der Waals surface area contributed by atoms with E-state index in [1.165, 1.54) is 0 Å². The minimum atomic E-state index is 0.0386. The topological polar surface area (TPSA) is 30.0 Å². The first-order valence-corrected chi connectivity index (χ1v) is 3.81. The van der Waals surface area contributed by atoms with Gasteiger partial charge in [0.2, 0.25) is 0 Å². The van der Waals surface area contributed by atoms with E-state index in [1.54, 1.807) is 25.3 Å². The fraction of sp³-hybridized carbons (Fsp3) is 0.250. The van der Waals surface area contributed by atoms with Crippen LogP contribution in [0.3, 0.4) is 0 Å². The van der Waals surface area contributed by atoms with E-state index in [4.69, 9.17) is 12.6 Å². The first-order chi connectivity index (χ1) is 5.24. The number of aromatic nitrogens is 1. The fourth-order valence-corrected chi connectivity index (χ4v) is 0.917. The van der Waals surface area contributed by atoms with Crippen molar-refractivity contribution in [2.75, 3.05) is 0 Å². The van der Waals surface area contributed by atoms with E-state index in [0.29, 0.717) is 17.0 Å². The van der Waals surface area contributed by atoms with Crippen molar-refractivity contribution in [3.63, 3.8) is 0 Å². The van der Waals surface area contributed by atoms with E-state index < -0.39 is 0 Å². The lowest BCUT2D eigenvalue weighted by molar-refractivity contribution is 0.0983. The van der Waals surface area contributed by atoms with Crippen molar-refractivity contribution in [1.29, 1.82) is 0 Å². The second kappa shape index (κ2) is 3.44. The average Bonchev–Trinajstić information content (AvgIpc) is 2.03. The Labute approximate surface area is 71.1 Å². The van der Waals surface area contributed by atoms with Gasteiger partial charge in [-0.2, -0.15) is 0 Å². The lowest BCUT2D eigenvalue weighted by Crippen LogP contribution is -1.98. The van der Waals surface area contributed by atoms with Crippen molar-refractivity contribution in [3.05, 3.63) is 24.0 Å². The highest BCUT2D eigenvalue weighted by atomic mass is 32.1. The van der Waals surface area contributed by atoms with Crippen LogP contribution in [0.5, 0.6) is 0 Å². The van der Waals surface area contributed by atoms with Crippen LogP contribution in [0.15, 0.2) is 23.2 Å². The smallest absolute Gasteiger partial charge is 0.180 e. The van der Waals surface area contributed by atoms with E-state index in [-0.39, 0.29) is 5.78 Å². The van der Waals surface area contributed by atoms with Gasteiger partial charge in [-0.15, -0.1) is 0 Å². The zero-order chi connectivity index (χ0) is 8.27. The average molecular weight is 166 g/mol. The van der Waals surface area contributed by atoms with E-state index in [1.807, 2.05) is 0 Å². The Morgan fingerprint density at radius 1 is 1.73 bits per heavy atom. The summed E-state index contributed by atoms with van der Waals surface area (Å²) in [6, 6.07) is 3.32. The Balaban J connectivity index is 2.96. The minimum Gasteiger partial charge on any atom is -0.292 e. The maximum absolute atomic E-state index is 11.1. The highest BCUT2D eigenvalue weighted by molar-refractivity contribution is 7.80. The Morgan fingerprint density at radius 2 is 2.45 bits per heavy atom. The summed E-state index contributed by atoms with van der Waals surface area (Å²) in [6.45, 7) is 1.81. The fourth-order valence-electron chi connectivity index (χ4n) is 0.745. The van der Waals surface area contributed by atoms with Crippen molar-refractivity contribution in [2.24, 2.45) is 0 Å². The number of hydrogen-bond acceptors (Lipinski definition) is 2. The predicted octanol–water partition coefficient (Wildman–Crippen LogP) is 2.23. The zero-order valence-electron chi connectivity index (χ0n) is 6.20. The number of carbonyl (C=O) groups excluding carboxylic acids is 1. The molecule has 0 amide bonds. The molecule has 57 valence electrons. The van der Waals surface area contributed by atoms with Gasteiger partial charge >= 0.3 is 0 Å². The molecule has 2 nitrogen and oxygen atoms in total. The summed E-state index contributed by atoms with van der Waals surface area (Å²) in [5.41, 5.74) is 0.472. The molecule has 0 fully saturated rings. The molecule has 0 unspecified atom stereocenters. The molecule has 0 aliphatic heterocycles. The van der Waals surface area contributed by atoms with Crippen molar-refractivity contribution in [1.82, 2.24) is 4.98 Å². The summed E-state index contributed by atoms with van der Waals surface area (Å²) in [6.07, 6.45) is 2.04. The number of nitrogens with zero attached hydrogens (tertiary/aromatic N) is 1. The molecule has 0 spiro atoms. The number of ketones is 1. The maximum atomic E-state index is 11.1. The van der Waals surface area contributed by atoms with Crippen LogP contribution in [0.2, 0.25) is 0 Å². The Hall–Kier alpha value is -0.960. The SMILES string of the molecule is CCC(=O)c1cc([S])ccn1. The van der Waals surface area contributed by atoms with Gasteiger partial charge in [0.05, 0.1) is 0 Å². The molecule has 0 bridgehead atoms. The van der Waals surface area contributed by atoms with Gasteiger partial charge < -0.3 is 0 Å². The molecule has 1 rings (SSSR count). The van der Waals surface area contributed by atoms with Crippen LogP contribution in [0, 0.1) is 0 Å². The third-order valence-electron chi connectivity index (χ3n) is 1.34. The Bertz CT molecular complexity index is 273. The summed E-state index contributed by atoms with van der Waals surface area (Å²) in [7, 11) is 0. The molecular formula is C8H8NOS. The van der Waals surface area contributed by atoms with Crippen LogP contribution in [0.4, 0.5) is 0 Å². The van der Waals surface area contributed by atoms with Crippen LogP contribution < -0.4 is 0 Å². The van der Waals surface area contributed by atoms with Crippen molar-refractivity contribution < 1.29 is 4.79 Å². The van der Waals surface area contributed by atoms with Gasteiger partial charge in [-0.25, -0.2) is 0 Å². The monoisotopic (exact) mass is 166 g/mol. The molecule has 0 N–H and O–H groups in total. The predicted molar refractivity (Wildman–Crippen MR) is 44.7 cm³/mol. The number of pyridine rings is 1. The molecule has 0 aliphatic rings. The van der Waals surface area contributed by atoms with Gasteiger partial charge in [0.25, 0.3) is 0 Å². The third kappa shape index (κ3) is 1.98.